The molecule has 78 valence electrons. The minimum absolute atomic E-state index is 0.0270. The van der Waals surface area contributed by atoms with E-state index in [-0.39, 0.29) is 19.3 Å². The Labute approximate surface area is 89.5 Å². The first-order valence-corrected chi connectivity index (χ1v) is 5.04. The molecule has 1 aliphatic rings. The zero-order valence-electron chi connectivity index (χ0n) is 8.95. The average Bonchev–Trinajstić information content (AvgIpc) is 2.58. The molecule has 0 bridgehead atoms. The highest BCUT2D eigenvalue weighted by Crippen LogP contribution is 2.18. The van der Waals surface area contributed by atoms with Gasteiger partial charge in [-0.25, -0.2) is 0 Å². The van der Waals surface area contributed by atoms with Crippen LogP contribution < -0.4 is 10.2 Å². The summed E-state index contributed by atoms with van der Waals surface area (Å²) in [5.74, 6) is 0.798. The summed E-state index contributed by atoms with van der Waals surface area (Å²) in [4.78, 5) is 10.8. The van der Waals surface area contributed by atoms with Crippen molar-refractivity contribution in [1.29, 1.82) is 0 Å². The van der Waals surface area contributed by atoms with E-state index in [1.807, 2.05) is 25.0 Å². The van der Waals surface area contributed by atoms with Crippen LogP contribution in [0.5, 0.6) is 5.75 Å². The highest BCUT2D eigenvalue weighted by Gasteiger charge is 2.26. The van der Waals surface area contributed by atoms with Gasteiger partial charge in [-0.3, -0.25) is 4.79 Å². The molecule has 1 heterocycles. The monoisotopic (exact) mass is 204 g/mol. The van der Waals surface area contributed by atoms with E-state index in [0.29, 0.717) is 6.61 Å². The molecule has 15 heavy (non-hydrogen) atoms. The lowest BCUT2D eigenvalue weighted by Crippen LogP contribution is -2.27. The molecular weight excluding hydrogens is 191 g/mol. The van der Waals surface area contributed by atoms with Crippen LogP contribution in [-0.2, 0) is 16.1 Å². The summed E-state index contributed by atoms with van der Waals surface area (Å²) in [6.45, 7) is 4.33. The van der Waals surface area contributed by atoms with Gasteiger partial charge in [0.05, 0.1) is 6.61 Å². The summed E-state index contributed by atoms with van der Waals surface area (Å²) < 4.78 is 11.0. The van der Waals surface area contributed by atoms with Crippen LogP contribution in [0, 0.1) is 0 Å². The van der Waals surface area contributed by atoms with E-state index in [9.17, 15) is 4.79 Å². The number of benzene rings is 1. The van der Waals surface area contributed by atoms with Crippen LogP contribution in [0.15, 0.2) is 18.2 Å². The largest absolute Gasteiger partial charge is 0.486 e. The lowest BCUT2D eigenvalue weighted by molar-refractivity contribution is -0.118. The van der Waals surface area contributed by atoms with Crippen molar-refractivity contribution in [1.82, 2.24) is 0 Å². The number of carbonyl (C=O) groups excluding carboxylic acids is 1. The number of ether oxygens (including phenoxy) is 1. The van der Waals surface area contributed by atoms with Crippen LogP contribution in [-0.4, -0.2) is 19.3 Å². The minimum atomic E-state index is 0.0270. The van der Waals surface area contributed by atoms with Crippen LogP contribution in [0.2, 0.25) is 6.82 Å². The predicted octanol–water partition coefficient (Wildman–Crippen LogP) is 1.01. The highest BCUT2D eigenvalue weighted by molar-refractivity contribution is 6.68. The Morgan fingerprint density at radius 1 is 1.60 bits per heavy atom. The van der Waals surface area contributed by atoms with Crippen molar-refractivity contribution in [3.8, 4) is 5.75 Å². The van der Waals surface area contributed by atoms with Crippen LogP contribution in [0.25, 0.3) is 0 Å². The molecule has 1 aromatic rings. The molecule has 1 aliphatic heterocycles. The van der Waals surface area contributed by atoms with Crippen molar-refractivity contribution in [2.45, 2.75) is 20.4 Å². The van der Waals surface area contributed by atoms with Gasteiger partial charge in [0, 0.05) is 0 Å². The van der Waals surface area contributed by atoms with Crippen LogP contribution >= 0.6 is 0 Å². The molecule has 0 saturated carbocycles. The second-order valence-electron chi connectivity index (χ2n) is 3.77. The predicted molar refractivity (Wildman–Crippen MR) is 58.7 cm³/mol. The normalized spacial score (nSPS) is 13.9. The van der Waals surface area contributed by atoms with Crippen LogP contribution in [0.3, 0.4) is 0 Å². The van der Waals surface area contributed by atoms with Crippen molar-refractivity contribution in [2.24, 2.45) is 0 Å². The van der Waals surface area contributed by atoms with Gasteiger partial charge in [-0.1, -0.05) is 19.0 Å². The quantitative estimate of drug-likeness (QED) is 0.689. The van der Waals surface area contributed by atoms with E-state index in [2.05, 4.69) is 0 Å². The summed E-state index contributed by atoms with van der Waals surface area (Å²) in [5, 5.41) is 0. The maximum atomic E-state index is 10.8. The van der Waals surface area contributed by atoms with Crippen LogP contribution in [0.4, 0.5) is 0 Å². The first kappa shape index (κ1) is 10.2. The van der Waals surface area contributed by atoms with Gasteiger partial charge in [0.25, 0.3) is 0 Å². The van der Waals surface area contributed by atoms with Gasteiger partial charge < -0.3 is 9.39 Å². The van der Waals surface area contributed by atoms with E-state index in [1.165, 1.54) is 6.92 Å². The van der Waals surface area contributed by atoms with Gasteiger partial charge in [0.15, 0.2) is 5.78 Å². The molecule has 3 nitrogen and oxygen atoms in total. The number of Topliss-reactive ketones (excluding diaryl/α,β-unsaturated/α-hetero) is 1. The summed E-state index contributed by atoms with van der Waals surface area (Å²) in [5.41, 5.74) is 2.24. The van der Waals surface area contributed by atoms with Crippen molar-refractivity contribution in [3.05, 3.63) is 23.8 Å². The molecule has 0 aromatic heterocycles. The van der Waals surface area contributed by atoms with E-state index in [0.717, 1.165) is 16.8 Å². The Hall–Kier alpha value is -1.29. The third-order valence-corrected chi connectivity index (χ3v) is 2.48. The Morgan fingerprint density at radius 2 is 2.40 bits per heavy atom. The Kier molecular flexibility index (Phi) is 2.78. The zero-order chi connectivity index (χ0) is 10.8. The standard InChI is InChI=1S/C11H13BO3/c1-8(13)6-14-10-5-3-4-9-7-15-12(2)11(9)10/h3-5H,6-7H2,1-2H3. The van der Waals surface area contributed by atoms with Crippen molar-refractivity contribution < 1.29 is 14.2 Å². The van der Waals surface area contributed by atoms with Gasteiger partial charge >= 0.3 is 6.92 Å². The first-order chi connectivity index (χ1) is 7.18. The molecular formula is C11H13BO3. The Morgan fingerprint density at radius 3 is 3.13 bits per heavy atom. The molecule has 0 saturated heterocycles. The molecule has 2 rings (SSSR count). The second kappa shape index (κ2) is 4.07. The van der Waals surface area contributed by atoms with Crippen LogP contribution in [0.1, 0.15) is 12.5 Å². The zero-order valence-corrected chi connectivity index (χ0v) is 8.95. The smallest absolute Gasteiger partial charge is 0.327 e. The third kappa shape index (κ3) is 2.05. The summed E-state index contributed by atoms with van der Waals surface area (Å²) in [7, 11) is 0. The number of carbonyl (C=O) groups is 1. The molecule has 0 atom stereocenters. The maximum absolute atomic E-state index is 10.8. The first-order valence-electron chi connectivity index (χ1n) is 5.04. The fraction of sp³-hybridized carbons (Fsp3) is 0.364. The lowest BCUT2D eigenvalue weighted by atomic mass is 9.64. The second-order valence-corrected chi connectivity index (χ2v) is 3.77. The minimum Gasteiger partial charge on any atom is -0.486 e. The molecule has 0 spiro atoms. The van der Waals surface area contributed by atoms with E-state index >= 15 is 0 Å². The summed E-state index contributed by atoms with van der Waals surface area (Å²) in [6.07, 6.45) is 0. The molecule has 0 N–H and O–H groups in total. The van der Waals surface area contributed by atoms with E-state index in [1.54, 1.807) is 0 Å². The van der Waals surface area contributed by atoms with Crippen molar-refractivity contribution in [3.63, 3.8) is 0 Å². The molecule has 0 amide bonds. The molecule has 1 aromatic carbocycles. The van der Waals surface area contributed by atoms with Gasteiger partial charge in [-0.15, -0.1) is 0 Å². The number of fused-ring (bicyclic) bond motifs is 1. The average molecular weight is 204 g/mol. The molecule has 0 aliphatic carbocycles. The Balaban J connectivity index is 2.24. The molecule has 4 heteroatoms. The lowest BCUT2D eigenvalue weighted by Gasteiger charge is -2.09. The fourth-order valence-electron chi connectivity index (χ4n) is 1.78. The van der Waals surface area contributed by atoms with E-state index in [4.69, 9.17) is 9.39 Å². The Bertz CT molecular complexity index is 389. The summed E-state index contributed by atoms with van der Waals surface area (Å²) in [6, 6.07) is 5.84. The highest BCUT2D eigenvalue weighted by atomic mass is 16.5. The van der Waals surface area contributed by atoms with Gasteiger partial charge in [0.1, 0.15) is 12.4 Å². The number of hydrogen-bond donors (Lipinski definition) is 0. The van der Waals surface area contributed by atoms with Gasteiger partial charge in [-0.05, 0) is 24.0 Å². The van der Waals surface area contributed by atoms with Crippen molar-refractivity contribution >= 4 is 18.2 Å². The molecule has 0 radical (unpaired) electrons. The number of hydrogen-bond acceptors (Lipinski definition) is 3. The van der Waals surface area contributed by atoms with E-state index < -0.39 is 0 Å². The topological polar surface area (TPSA) is 35.5 Å². The SMILES string of the molecule is CB1OCc2cccc(OCC(C)=O)c21. The molecule has 0 fully saturated rings. The molecule has 0 unspecified atom stereocenters. The van der Waals surface area contributed by atoms with Crippen molar-refractivity contribution in [2.75, 3.05) is 6.61 Å². The number of rotatable bonds is 3. The summed E-state index contributed by atoms with van der Waals surface area (Å²) >= 11 is 0. The third-order valence-electron chi connectivity index (χ3n) is 2.48. The fourth-order valence-corrected chi connectivity index (χ4v) is 1.78. The number of ketones is 1. The maximum Gasteiger partial charge on any atom is 0.327 e. The van der Waals surface area contributed by atoms with Gasteiger partial charge in [0.2, 0.25) is 0 Å². The van der Waals surface area contributed by atoms with Gasteiger partial charge in [-0.2, -0.15) is 0 Å².